The van der Waals surface area contributed by atoms with Crippen LogP contribution in [0.2, 0.25) is 0 Å². The zero-order valence-corrected chi connectivity index (χ0v) is 10.6. The molecule has 2 atom stereocenters. The Morgan fingerprint density at radius 1 is 1.37 bits per heavy atom. The molecular weight excluding hydrogens is 270 g/mol. The van der Waals surface area contributed by atoms with Gasteiger partial charge in [-0.2, -0.15) is 4.68 Å². The Kier molecular flexibility index (Phi) is 3.01. The summed E-state index contributed by atoms with van der Waals surface area (Å²) in [5.74, 6) is -0.240. The number of likely N-dealkylation sites (tertiary alicyclic amines) is 1. The number of β-amino-alcohol motifs (C(OH)–C–C–N with tert-alkyl or cyclic N) is 2. The van der Waals surface area contributed by atoms with Crippen LogP contribution in [0.1, 0.15) is 9.67 Å². The molecule has 1 aliphatic rings. The minimum Gasteiger partial charge on any atom is -0.388 e. The molecule has 1 aliphatic heterocycles. The van der Waals surface area contributed by atoms with Gasteiger partial charge in [0.15, 0.2) is 0 Å². The van der Waals surface area contributed by atoms with E-state index >= 15 is 0 Å². The summed E-state index contributed by atoms with van der Waals surface area (Å²) in [4.78, 5) is 14.3. The number of aliphatic hydroxyl groups excluding tert-OH is 2. The number of aliphatic hydroxyl groups is 2. The van der Waals surface area contributed by atoms with Gasteiger partial charge in [-0.3, -0.25) is 4.79 Å². The molecule has 0 spiro atoms. The Balaban J connectivity index is 1.87. The zero-order valence-electron chi connectivity index (χ0n) is 9.75. The Labute approximate surface area is 111 Å². The fourth-order valence-electron chi connectivity index (χ4n) is 1.99. The first-order chi connectivity index (χ1) is 9.16. The topological polar surface area (TPSA) is 104 Å². The Morgan fingerprint density at radius 2 is 2.11 bits per heavy atom. The van der Waals surface area contributed by atoms with Crippen LogP contribution in [0.25, 0.3) is 5.69 Å². The third-order valence-electron chi connectivity index (χ3n) is 2.98. The number of carbonyl (C=O) groups excluding carboxylic acids is 1. The number of tetrazole rings is 1. The summed E-state index contributed by atoms with van der Waals surface area (Å²) in [5.41, 5.74) is 0.593. The van der Waals surface area contributed by atoms with Crippen molar-refractivity contribution in [1.82, 2.24) is 25.1 Å². The lowest BCUT2D eigenvalue weighted by molar-refractivity contribution is 0.0572. The average molecular weight is 281 g/mol. The van der Waals surface area contributed by atoms with Crippen LogP contribution in [0.3, 0.4) is 0 Å². The number of hydrogen-bond acceptors (Lipinski definition) is 7. The molecule has 100 valence electrons. The second kappa shape index (κ2) is 4.68. The standard InChI is InChI=1S/C10H11N5O3S/c16-7-3-14(4-8(7)17)10(18)9-6(1-2-19-9)15-5-11-12-13-15/h1-2,5,7-8,16-17H,3-4H2. The Hall–Kier alpha value is -1.84. The van der Waals surface area contributed by atoms with E-state index in [0.29, 0.717) is 10.6 Å². The first-order valence-corrected chi connectivity index (χ1v) is 6.51. The molecule has 2 N–H and O–H groups in total. The van der Waals surface area contributed by atoms with Crippen LogP contribution >= 0.6 is 11.3 Å². The van der Waals surface area contributed by atoms with Crippen molar-refractivity contribution in [2.75, 3.05) is 13.1 Å². The van der Waals surface area contributed by atoms with Gasteiger partial charge < -0.3 is 15.1 Å². The van der Waals surface area contributed by atoms with E-state index in [1.54, 1.807) is 11.4 Å². The molecule has 0 radical (unpaired) electrons. The number of thiophene rings is 1. The molecular formula is C10H11N5O3S. The number of carbonyl (C=O) groups is 1. The van der Waals surface area contributed by atoms with Crippen LogP contribution < -0.4 is 0 Å². The first kappa shape index (κ1) is 12.2. The van der Waals surface area contributed by atoms with E-state index < -0.39 is 12.2 Å². The van der Waals surface area contributed by atoms with Crippen molar-refractivity contribution < 1.29 is 15.0 Å². The monoisotopic (exact) mass is 281 g/mol. The lowest BCUT2D eigenvalue weighted by Gasteiger charge is -2.14. The zero-order chi connectivity index (χ0) is 13.4. The van der Waals surface area contributed by atoms with E-state index in [-0.39, 0.29) is 19.0 Å². The molecule has 3 rings (SSSR count). The lowest BCUT2D eigenvalue weighted by Crippen LogP contribution is -2.29. The molecule has 0 aromatic carbocycles. The summed E-state index contributed by atoms with van der Waals surface area (Å²) < 4.78 is 1.41. The number of aromatic nitrogens is 4. The predicted octanol–water partition coefficient (Wildman–Crippen LogP) is -1.10. The number of amides is 1. The van der Waals surface area contributed by atoms with Gasteiger partial charge in [-0.15, -0.1) is 16.4 Å². The third kappa shape index (κ3) is 2.11. The average Bonchev–Trinajstić information content (AvgIpc) is 3.09. The molecule has 19 heavy (non-hydrogen) atoms. The van der Waals surface area contributed by atoms with Crippen LogP contribution in [0.15, 0.2) is 17.8 Å². The van der Waals surface area contributed by atoms with Gasteiger partial charge in [-0.05, 0) is 21.9 Å². The maximum atomic E-state index is 12.3. The molecule has 2 aromatic heterocycles. The highest BCUT2D eigenvalue weighted by molar-refractivity contribution is 7.12. The van der Waals surface area contributed by atoms with Gasteiger partial charge in [0.2, 0.25) is 0 Å². The van der Waals surface area contributed by atoms with Gasteiger partial charge in [0, 0.05) is 13.1 Å². The van der Waals surface area contributed by atoms with Crippen molar-refractivity contribution in [2.24, 2.45) is 0 Å². The summed E-state index contributed by atoms with van der Waals surface area (Å²) in [6, 6.07) is 1.75. The van der Waals surface area contributed by atoms with Crippen LogP contribution in [0.4, 0.5) is 0 Å². The lowest BCUT2D eigenvalue weighted by atomic mass is 10.3. The Morgan fingerprint density at radius 3 is 2.74 bits per heavy atom. The van der Waals surface area contributed by atoms with Gasteiger partial charge in [0.05, 0.1) is 17.9 Å². The highest BCUT2D eigenvalue weighted by atomic mass is 32.1. The normalized spacial score (nSPS) is 22.9. The number of hydrogen-bond donors (Lipinski definition) is 2. The molecule has 1 saturated heterocycles. The molecule has 2 unspecified atom stereocenters. The van der Waals surface area contributed by atoms with E-state index in [0.717, 1.165) is 0 Å². The van der Waals surface area contributed by atoms with E-state index in [9.17, 15) is 15.0 Å². The molecule has 0 saturated carbocycles. The number of nitrogens with zero attached hydrogens (tertiary/aromatic N) is 5. The summed E-state index contributed by atoms with van der Waals surface area (Å²) in [6.07, 6.45) is -0.368. The summed E-state index contributed by atoms with van der Waals surface area (Å²) in [6.45, 7) is 0.264. The van der Waals surface area contributed by atoms with E-state index in [1.807, 2.05) is 0 Å². The quantitative estimate of drug-likeness (QED) is 0.724. The molecule has 3 heterocycles. The van der Waals surface area contributed by atoms with E-state index in [4.69, 9.17) is 0 Å². The largest absolute Gasteiger partial charge is 0.388 e. The van der Waals surface area contributed by atoms with Crippen molar-refractivity contribution in [3.63, 3.8) is 0 Å². The van der Waals surface area contributed by atoms with Crippen LogP contribution in [0, 0.1) is 0 Å². The summed E-state index contributed by atoms with van der Waals surface area (Å²) in [5, 5.41) is 31.6. The molecule has 8 nitrogen and oxygen atoms in total. The van der Waals surface area contributed by atoms with Crippen molar-refractivity contribution in [1.29, 1.82) is 0 Å². The molecule has 1 fully saturated rings. The summed E-state index contributed by atoms with van der Waals surface area (Å²) in [7, 11) is 0. The predicted molar refractivity (Wildman–Crippen MR) is 64.9 cm³/mol. The minimum absolute atomic E-state index is 0.132. The van der Waals surface area contributed by atoms with Crippen molar-refractivity contribution >= 4 is 17.2 Å². The van der Waals surface area contributed by atoms with Gasteiger partial charge in [-0.1, -0.05) is 0 Å². The van der Waals surface area contributed by atoms with Gasteiger partial charge in [-0.25, -0.2) is 0 Å². The molecule has 9 heteroatoms. The maximum absolute atomic E-state index is 12.3. The maximum Gasteiger partial charge on any atom is 0.266 e. The Bertz CT molecular complexity index is 574. The molecule has 2 aromatic rings. The van der Waals surface area contributed by atoms with Crippen molar-refractivity contribution in [3.8, 4) is 5.69 Å². The highest BCUT2D eigenvalue weighted by Gasteiger charge is 2.34. The van der Waals surface area contributed by atoms with Crippen LogP contribution in [-0.4, -0.2) is 66.5 Å². The van der Waals surface area contributed by atoms with E-state index in [1.165, 1.54) is 27.2 Å². The summed E-state index contributed by atoms with van der Waals surface area (Å²) >= 11 is 1.27. The molecule has 0 bridgehead atoms. The SMILES string of the molecule is O=C(c1sccc1-n1cnnn1)N1CC(O)C(O)C1. The van der Waals surface area contributed by atoms with Gasteiger partial charge >= 0.3 is 0 Å². The van der Waals surface area contributed by atoms with Gasteiger partial charge in [0.1, 0.15) is 11.2 Å². The van der Waals surface area contributed by atoms with Crippen LogP contribution in [-0.2, 0) is 0 Å². The second-order valence-electron chi connectivity index (χ2n) is 4.23. The van der Waals surface area contributed by atoms with E-state index in [2.05, 4.69) is 15.5 Å². The van der Waals surface area contributed by atoms with Crippen molar-refractivity contribution in [2.45, 2.75) is 12.2 Å². The highest BCUT2D eigenvalue weighted by Crippen LogP contribution is 2.24. The smallest absolute Gasteiger partial charge is 0.266 e. The molecule has 1 amide bonds. The molecule has 0 aliphatic carbocycles. The first-order valence-electron chi connectivity index (χ1n) is 5.63. The fourth-order valence-corrected chi connectivity index (χ4v) is 2.84. The fraction of sp³-hybridized carbons (Fsp3) is 0.400. The minimum atomic E-state index is -0.889. The second-order valence-corrected chi connectivity index (χ2v) is 5.15. The van der Waals surface area contributed by atoms with Crippen molar-refractivity contribution in [3.05, 3.63) is 22.7 Å². The third-order valence-corrected chi connectivity index (χ3v) is 3.87. The number of rotatable bonds is 2. The van der Waals surface area contributed by atoms with Crippen LogP contribution in [0.5, 0.6) is 0 Å². The van der Waals surface area contributed by atoms with Gasteiger partial charge in [0.25, 0.3) is 5.91 Å².